The Bertz CT molecular complexity index is 636. The molecule has 0 fully saturated rings. The number of rotatable bonds is 18. The van der Waals surface area contributed by atoms with Crippen molar-refractivity contribution in [2.45, 2.75) is 187 Å². The SMILES string of the molecule is CCC(CC)(O[Si](C)(C)C(CC)(CC)O[Si](C)(C)C)C(CC)(CC)[SiH](C)OC(CC)(CC)[Si](C)(C)C. The summed E-state index contributed by atoms with van der Waals surface area (Å²) in [5.74, 6) is 0. The molecule has 3 nitrogen and oxygen atoms in total. The molecule has 7 heteroatoms. The first-order valence-corrected chi connectivity index (χ1v) is 27.4. The summed E-state index contributed by atoms with van der Waals surface area (Å²) in [4.78, 5) is 0. The van der Waals surface area contributed by atoms with Crippen LogP contribution in [0.1, 0.15) is 107 Å². The van der Waals surface area contributed by atoms with E-state index in [1.165, 1.54) is 0 Å². The normalized spacial score (nSPS) is 15.9. The minimum Gasteiger partial charge on any atom is -0.417 e. The molecule has 0 aliphatic carbocycles. The van der Waals surface area contributed by atoms with E-state index < -0.39 is 33.7 Å². The lowest BCUT2D eigenvalue weighted by Crippen LogP contribution is -2.67. The average molecular weight is 577 g/mol. The molecule has 0 aromatic rings. The van der Waals surface area contributed by atoms with Crippen molar-refractivity contribution in [1.29, 1.82) is 0 Å². The second-order valence-electron chi connectivity index (χ2n) is 13.8. The van der Waals surface area contributed by atoms with Crippen LogP contribution in [0.5, 0.6) is 0 Å². The van der Waals surface area contributed by atoms with Crippen LogP contribution < -0.4 is 0 Å². The van der Waals surface area contributed by atoms with E-state index in [-0.39, 0.29) is 21.1 Å². The van der Waals surface area contributed by atoms with Crippen molar-refractivity contribution in [2.24, 2.45) is 0 Å². The molecule has 0 aromatic carbocycles. The van der Waals surface area contributed by atoms with E-state index in [0.29, 0.717) is 0 Å². The molecule has 0 N–H and O–H groups in total. The van der Waals surface area contributed by atoms with E-state index in [9.17, 15) is 0 Å². The quantitative estimate of drug-likeness (QED) is 0.152. The van der Waals surface area contributed by atoms with E-state index in [2.05, 4.69) is 114 Å². The molecule has 1 atom stereocenters. The summed E-state index contributed by atoms with van der Waals surface area (Å²) in [7, 11) is -7.24. The van der Waals surface area contributed by atoms with Crippen LogP contribution in [0, 0.1) is 0 Å². The molecule has 1 unspecified atom stereocenters. The maximum Gasteiger partial charge on any atom is 0.217 e. The maximum absolute atomic E-state index is 7.76. The van der Waals surface area contributed by atoms with Gasteiger partial charge in [0.2, 0.25) is 8.32 Å². The molecule has 0 aliphatic rings. The molecule has 0 saturated carbocycles. The Labute approximate surface area is 233 Å². The first-order valence-electron chi connectivity index (χ1n) is 15.4. The molecule has 0 saturated heterocycles. The molecule has 0 bridgehead atoms. The fourth-order valence-corrected chi connectivity index (χ4v) is 22.2. The summed E-state index contributed by atoms with van der Waals surface area (Å²) in [6, 6.07) is 0. The largest absolute Gasteiger partial charge is 0.417 e. The van der Waals surface area contributed by atoms with Crippen LogP contribution in [-0.4, -0.2) is 49.8 Å². The van der Waals surface area contributed by atoms with Crippen LogP contribution in [0.2, 0.25) is 64.0 Å². The molecular weight excluding hydrogens is 509 g/mol. The molecule has 0 aliphatic heterocycles. The average Bonchev–Trinajstić information content (AvgIpc) is 2.79. The summed E-state index contributed by atoms with van der Waals surface area (Å²) in [6.07, 6.45) is 8.60. The van der Waals surface area contributed by atoms with E-state index in [0.717, 1.165) is 51.4 Å². The highest BCUT2D eigenvalue weighted by Gasteiger charge is 2.60. The monoisotopic (exact) mass is 576 g/mol. The topological polar surface area (TPSA) is 27.7 Å². The maximum atomic E-state index is 7.76. The van der Waals surface area contributed by atoms with Crippen molar-refractivity contribution in [2.75, 3.05) is 0 Å². The summed E-state index contributed by atoms with van der Waals surface area (Å²) in [5, 5.41) is -0.0187. The van der Waals surface area contributed by atoms with Crippen molar-refractivity contribution in [3.8, 4) is 0 Å². The molecular formula is C29H68O3Si4. The predicted molar refractivity (Wildman–Crippen MR) is 174 cm³/mol. The lowest BCUT2D eigenvalue weighted by atomic mass is 9.78. The smallest absolute Gasteiger partial charge is 0.217 e. The third kappa shape index (κ3) is 7.08. The third-order valence-corrected chi connectivity index (χ3v) is 22.8. The first kappa shape index (κ1) is 36.7. The van der Waals surface area contributed by atoms with Crippen LogP contribution >= 0.6 is 0 Å². The Morgan fingerprint density at radius 1 is 0.528 bits per heavy atom. The van der Waals surface area contributed by atoms with E-state index >= 15 is 0 Å². The van der Waals surface area contributed by atoms with Gasteiger partial charge in [-0.3, -0.25) is 0 Å². The second-order valence-corrected chi connectivity index (χ2v) is 30.4. The van der Waals surface area contributed by atoms with Gasteiger partial charge in [0, 0.05) is 10.3 Å². The molecule has 0 amide bonds. The summed E-state index contributed by atoms with van der Waals surface area (Å²) < 4.78 is 22.3. The highest BCUT2D eigenvalue weighted by atomic mass is 28.4. The van der Waals surface area contributed by atoms with E-state index in [1.807, 2.05) is 0 Å². The van der Waals surface area contributed by atoms with Crippen molar-refractivity contribution >= 4 is 33.7 Å². The number of hydrogen-bond acceptors (Lipinski definition) is 3. The highest BCUT2D eigenvalue weighted by Crippen LogP contribution is 2.57. The lowest BCUT2D eigenvalue weighted by molar-refractivity contribution is -0.0359. The molecule has 0 heterocycles. The Morgan fingerprint density at radius 2 is 0.917 bits per heavy atom. The van der Waals surface area contributed by atoms with Gasteiger partial charge >= 0.3 is 0 Å². The molecule has 0 rings (SSSR count). The van der Waals surface area contributed by atoms with Gasteiger partial charge in [-0.25, -0.2) is 0 Å². The summed E-state index contributed by atoms with van der Waals surface area (Å²) in [5.41, 5.74) is -0.178. The zero-order valence-corrected chi connectivity index (χ0v) is 32.1. The molecule has 0 radical (unpaired) electrons. The van der Waals surface area contributed by atoms with Gasteiger partial charge in [-0.1, -0.05) is 75.0 Å². The Balaban J connectivity index is 6.90. The third-order valence-electron chi connectivity index (χ3n) is 10.2. The van der Waals surface area contributed by atoms with Gasteiger partial charge < -0.3 is 13.3 Å². The van der Waals surface area contributed by atoms with Crippen LogP contribution in [0.25, 0.3) is 0 Å². The molecule has 36 heavy (non-hydrogen) atoms. The van der Waals surface area contributed by atoms with E-state index in [1.54, 1.807) is 0 Å². The highest BCUT2D eigenvalue weighted by molar-refractivity contribution is 6.79. The van der Waals surface area contributed by atoms with Crippen molar-refractivity contribution in [1.82, 2.24) is 0 Å². The Hall–Kier alpha value is 0.748. The van der Waals surface area contributed by atoms with Gasteiger partial charge in [0.15, 0.2) is 17.4 Å². The van der Waals surface area contributed by atoms with Gasteiger partial charge in [0.1, 0.15) is 0 Å². The number of hydrogen-bond donors (Lipinski definition) is 0. The van der Waals surface area contributed by atoms with Crippen LogP contribution in [0.3, 0.4) is 0 Å². The fraction of sp³-hybridized carbons (Fsp3) is 1.00. The van der Waals surface area contributed by atoms with Gasteiger partial charge in [-0.15, -0.1) is 0 Å². The molecule has 218 valence electrons. The van der Waals surface area contributed by atoms with Crippen molar-refractivity contribution in [3.63, 3.8) is 0 Å². The van der Waals surface area contributed by atoms with Crippen molar-refractivity contribution < 1.29 is 13.3 Å². The van der Waals surface area contributed by atoms with Gasteiger partial charge in [-0.05, 0) is 90.6 Å². The molecule has 0 aromatic heterocycles. The van der Waals surface area contributed by atoms with Gasteiger partial charge in [-0.2, -0.15) is 0 Å². The van der Waals surface area contributed by atoms with E-state index in [4.69, 9.17) is 13.3 Å². The first-order chi connectivity index (χ1) is 16.3. The summed E-state index contributed by atoms with van der Waals surface area (Å²) in [6.45, 7) is 40.8. The van der Waals surface area contributed by atoms with Crippen molar-refractivity contribution in [3.05, 3.63) is 0 Å². The fourth-order valence-electron chi connectivity index (χ4n) is 7.68. The standard InChI is InChI=1S/C29H68O3Si4/c1-18-26(19-2,31-36(16,17)29(24-7,25-8)32-35(13,14)15)27(20-3,21-4)33(9)30-28(22-5,23-6)34(10,11)12/h33H,18-25H2,1-17H3. The lowest BCUT2D eigenvalue weighted by Gasteiger charge is -2.59. The Morgan fingerprint density at radius 3 is 1.17 bits per heavy atom. The van der Waals surface area contributed by atoms with Crippen LogP contribution in [0.15, 0.2) is 0 Å². The van der Waals surface area contributed by atoms with Gasteiger partial charge in [0.25, 0.3) is 0 Å². The predicted octanol–water partition coefficient (Wildman–Crippen LogP) is 10.1. The van der Waals surface area contributed by atoms with Crippen LogP contribution in [-0.2, 0) is 13.3 Å². The Kier molecular flexibility index (Phi) is 13.7. The molecule has 0 spiro atoms. The minimum absolute atomic E-state index is 0.0476. The second kappa shape index (κ2) is 13.4. The zero-order chi connectivity index (χ0) is 28.9. The van der Waals surface area contributed by atoms with Gasteiger partial charge in [0.05, 0.1) is 18.9 Å². The van der Waals surface area contributed by atoms with Crippen LogP contribution in [0.4, 0.5) is 0 Å². The minimum atomic E-state index is -2.28. The zero-order valence-electron chi connectivity index (χ0n) is 28.0. The summed E-state index contributed by atoms with van der Waals surface area (Å²) >= 11 is 0.